The van der Waals surface area contributed by atoms with E-state index < -0.39 is 5.97 Å². The lowest BCUT2D eigenvalue weighted by Crippen LogP contribution is -2.33. The minimum absolute atomic E-state index is 0.00868. The molecule has 132 valence electrons. The van der Waals surface area contributed by atoms with Gasteiger partial charge in [-0.15, -0.1) is 0 Å². The molecular weight excluding hydrogens is 310 g/mol. The van der Waals surface area contributed by atoms with Crippen LogP contribution in [0.2, 0.25) is 0 Å². The van der Waals surface area contributed by atoms with Gasteiger partial charge in [0.2, 0.25) is 5.91 Å². The summed E-state index contributed by atoms with van der Waals surface area (Å²) in [5.74, 6) is 0.426. The Morgan fingerprint density at radius 1 is 1.17 bits per heavy atom. The first-order valence-electron chi connectivity index (χ1n) is 8.46. The van der Waals surface area contributed by atoms with Crippen molar-refractivity contribution >= 4 is 11.9 Å². The molecule has 1 amide bonds. The summed E-state index contributed by atoms with van der Waals surface area (Å²) < 4.78 is 11.0. The molecule has 1 aliphatic rings. The van der Waals surface area contributed by atoms with Crippen molar-refractivity contribution in [2.45, 2.75) is 45.1 Å². The summed E-state index contributed by atoms with van der Waals surface area (Å²) in [5, 5.41) is 11.9. The molecule has 2 atom stereocenters. The van der Waals surface area contributed by atoms with Gasteiger partial charge in [0.1, 0.15) is 11.5 Å². The van der Waals surface area contributed by atoms with E-state index >= 15 is 0 Å². The lowest BCUT2D eigenvalue weighted by atomic mass is 10.1. The molecule has 0 bridgehead atoms. The van der Waals surface area contributed by atoms with Gasteiger partial charge in [0.25, 0.3) is 0 Å². The Morgan fingerprint density at radius 2 is 1.83 bits per heavy atom. The summed E-state index contributed by atoms with van der Waals surface area (Å²) in [6.07, 6.45) is 2.91. The van der Waals surface area contributed by atoms with Crippen molar-refractivity contribution in [1.29, 1.82) is 0 Å². The zero-order valence-electron chi connectivity index (χ0n) is 14.0. The summed E-state index contributed by atoms with van der Waals surface area (Å²) in [5.41, 5.74) is 0. The number of aliphatic carboxylic acids is 1. The van der Waals surface area contributed by atoms with Crippen LogP contribution in [-0.2, 0) is 9.59 Å². The Hall–Kier alpha value is -2.24. The predicted molar refractivity (Wildman–Crippen MR) is 89.2 cm³/mol. The first-order valence-corrected chi connectivity index (χ1v) is 8.46. The summed E-state index contributed by atoms with van der Waals surface area (Å²) >= 11 is 0. The normalized spacial score (nSPS) is 19.7. The minimum Gasteiger partial charge on any atom is -0.494 e. The molecule has 0 aliphatic heterocycles. The molecule has 0 aromatic heterocycles. The van der Waals surface area contributed by atoms with Gasteiger partial charge in [0, 0.05) is 12.5 Å². The minimum atomic E-state index is -0.768. The van der Waals surface area contributed by atoms with E-state index in [1.165, 1.54) is 0 Å². The highest BCUT2D eigenvalue weighted by atomic mass is 16.5. The standard InChI is InChI=1S/C18H25NO5/c1-2-23-15-7-9-16(10-8-15)24-11-3-4-17(20)19-14-6-5-13(12-14)18(21)22/h7-10,13-14H,2-6,11-12H2,1H3,(H,19,20)(H,21,22)/t13-,14+/m0/s1. The number of hydrogen-bond donors (Lipinski definition) is 2. The number of carboxylic acids is 1. The van der Waals surface area contributed by atoms with Gasteiger partial charge in [0.05, 0.1) is 19.1 Å². The van der Waals surface area contributed by atoms with E-state index in [0.717, 1.165) is 17.9 Å². The van der Waals surface area contributed by atoms with Gasteiger partial charge in [-0.05, 0) is 56.9 Å². The van der Waals surface area contributed by atoms with Crippen LogP contribution in [-0.4, -0.2) is 36.2 Å². The van der Waals surface area contributed by atoms with Crippen molar-refractivity contribution in [3.05, 3.63) is 24.3 Å². The molecule has 1 aromatic rings. The predicted octanol–water partition coefficient (Wildman–Crippen LogP) is 2.61. The maximum atomic E-state index is 11.9. The van der Waals surface area contributed by atoms with Crippen molar-refractivity contribution in [2.75, 3.05) is 13.2 Å². The van der Waals surface area contributed by atoms with Gasteiger partial charge in [-0.1, -0.05) is 0 Å². The molecule has 6 heteroatoms. The molecule has 2 N–H and O–H groups in total. The fourth-order valence-corrected chi connectivity index (χ4v) is 2.86. The van der Waals surface area contributed by atoms with Crippen LogP contribution in [0.5, 0.6) is 11.5 Å². The van der Waals surface area contributed by atoms with Crippen LogP contribution in [0, 0.1) is 5.92 Å². The highest BCUT2D eigenvalue weighted by Gasteiger charge is 2.30. The Balaban J connectivity index is 1.60. The fourth-order valence-electron chi connectivity index (χ4n) is 2.86. The SMILES string of the molecule is CCOc1ccc(OCCCC(=O)N[C@@H]2CC[C@H](C(=O)O)C2)cc1. The average Bonchev–Trinajstić information content (AvgIpc) is 3.02. The van der Waals surface area contributed by atoms with Gasteiger partial charge in [-0.3, -0.25) is 9.59 Å². The van der Waals surface area contributed by atoms with Crippen molar-refractivity contribution in [1.82, 2.24) is 5.32 Å². The van der Waals surface area contributed by atoms with Crippen LogP contribution < -0.4 is 14.8 Å². The second-order valence-electron chi connectivity index (χ2n) is 5.97. The third-order valence-electron chi connectivity index (χ3n) is 4.10. The topological polar surface area (TPSA) is 84.9 Å². The van der Waals surface area contributed by atoms with Gasteiger partial charge in [0.15, 0.2) is 0 Å². The van der Waals surface area contributed by atoms with E-state index in [4.69, 9.17) is 14.6 Å². The van der Waals surface area contributed by atoms with E-state index in [9.17, 15) is 9.59 Å². The molecule has 0 heterocycles. The maximum Gasteiger partial charge on any atom is 0.306 e. The van der Waals surface area contributed by atoms with Gasteiger partial charge in [-0.25, -0.2) is 0 Å². The number of amides is 1. The highest BCUT2D eigenvalue weighted by molar-refractivity contribution is 5.76. The number of carboxylic acid groups (broad SMARTS) is 1. The van der Waals surface area contributed by atoms with Crippen molar-refractivity contribution in [3.8, 4) is 11.5 Å². The monoisotopic (exact) mass is 335 g/mol. The molecule has 1 saturated carbocycles. The quantitative estimate of drug-likeness (QED) is 0.678. The van der Waals surface area contributed by atoms with Gasteiger partial charge >= 0.3 is 5.97 Å². The van der Waals surface area contributed by atoms with Crippen LogP contribution in [0.15, 0.2) is 24.3 Å². The number of rotatable bonds is 9. The molecule has 1 fully saturated rings. The Bertz CT molecular complexity index is 543. The molecule has 0 saturated heterocycles. The van der Waals surface area contributed by atoms with E-state index in [2.05, 4.69) is 5.32 Å². The van der Waals surface area contributed by atoms with E-state index in [0.29, 0.717) is 38.9 Å². The summed E-state index contributed by atoms with van der Waals surface area (Å²) in [4.78, 5) is 22.8. The third-order valence-corrected chi connectivity index (χ3v) is 4.10. The van der Waals surface area contributed by atoms with Crippen molar-refractivity contribution in [3.63, 3.8) is 0 Å². The maximum absolute atomic E-state index is 11.9. The first kappa shape index (κ1) is 18.1. The second kappa shape index (κ2) is 9.15. The molecule has 1 aromatic carbocycles. The Labute approximate surface area is 142 Å². The summed E-state index contributed by atoms with van der Waals surface area (Å²) in [6, 6.07) is 7.38. The molecule has 2 rings (SSSR count). The molecule has 1 aliphatic carbocycles. The second-order valence-corrected chi connectivity index (χ2v) is 5.97. The Kier molecular flexibility index (Phi) is 6.90. The lowest BCUT2D eigenvalue weighted by molar-refractivity contribution is -0.141. The summed E-state index contributed by atoms with van der Waals surface area (Å²) in [7, 11) is 0. The zero-order valence-corrected chi connectivity index (χ0v) is 14.0. The number of benzene rings is 1. The van der Waals surface area contributed by atoms with Crippen LogP contribution in [0.1, 0.15) is 39.0 Å². The molecule has 0 spiro atoms. The van der Waals surface area contributed by atoms with Crippen LogP contribution in [0.4, 0.5) is 0 Å². The van der Waals surface area contributed by atoms with Crippen LogP contribution in [0.25, 0.3) is 0 Å². The number of hydrogen-bond acceptors (Lipinski definition) is 4. The Morgan fingerprint density at radius 3 is 2.42 bits per heavy atom. The van der Waals surface area contributed by atoms with Gasteiger partial charge in [-0.2, -0.15) is 0 Å². The highest BCUT2D eigenvalue weighted by Crippen LogP contribution is 2.25. The molecule has 0 unspecified atom stereocenters. The fraction of sp³-hybridized carbons (Fsp3) is 0.556. The largest absolute Gasteiger partial charge is 0.494 e. The van der Waals surface area contributed by atoms with Crippen molar-refractivity contribution < 1.29 is 24.2 Å². The van der Waals surface area contributed by atoms with Crippen LogP contribution in [0.3, 0.4) is 0 Å². The molecular formula is C18H25NO5. The zero-order chi connectivity index (χ0) is 17.4. The number of nitrogens with one attached hydrogen (secondary N) is 1. The number of ether oxygens (including phenoxy) is 2. The first-order chi connectivity index (χ1) is 11.6. The van der Waals surface area contributed by atoms with Crippen LogP contribution >= 0.6 is 0 Å². The van der Waals surface area contributed by atoms with Gasteiger partial charge < -0.3 is 19.9 Å². The smallest absolute Gasteiger partial charge is 0.306 e. The average molecular weight is 335 g/mol. The molecule has 0 radical (unpaired) electrons. The molecule has 6 nitrogen and oxygen atoms in total. The summed E-state index contributed by atoms with van der Waals surface area (Å²) in [6.45, 7) is 3.02. The lowest BCUT2D eigenvalue weighted by Gasteiger charge is -2.12. The molecule has 24 heavy (non-hydrogen) atoms. The number of carbonyl (C=O) groups is 2. The van der Waals surface area contributed by atoms with E-state index in [-0.39, 0.29) is 17.9 Å². The third kappa shape index (κ3) is 5.76. The van der Waals surface area contributed by atoms with E-state index in [1.54, 1.807) is 0 Å². The number of carbonyl (C=O) groups excluding carboxylic acids is 1. The van der Waals surface area contributed by atoms with Crippen molar-refractivity contribution in [2.24, 2.45) is 5.92 Å². The van der Waals surface area contributed by atoms with E-state index in [1.807, 2.05) is 31.2 Å².